The molecule has 3 nitrogen and oxygen atoms in total. The zero-order valence-electron chi connectivity index (χ0n) is 11.0. The van der Waals surface area contributed by atoms with Crippen molar-refractivity contribution in [2.45, 2.75) is 13.3 Å². The van der Waals surface area contributed by atoms with Crippen LogP contribution in [0.1, 0.15) is 12.5 Å². The van der Waals surface area contributed by atoms with Crippen molar-refractivity contribution in [2.24, 2.45) is 0 Å². The van der Waals surface area contributed by atoms with Crippen molar-refractivity contribution in [1.29, 1.82) is 0 Å². The molecular formula is C14H22N2O. The topological polar surface area (TPSA) is 23.6 Å². The summed E-state index contributed by atoms with van der Waals surface area (Å²) >= 11 is 0. The van der Waals surface area contributed by atoms with Crippen LogP contribution in [0.25, 0.3) is 0 Å². The molecular weight excluding hydrogens is 212 g/mol. The molecule has 0 aliphatic heterocycles. The molecule has 0 saturated heterocycles. The molecule has 0 spiro atoms. The normalized spacial score (nSPS) is 10.6. The third kappa shape index (κ3) is 5.00. The Kier molecular flexibility index (Phi) is 5.70. The van der Waals surface area contributed by atoms with Crippen LogP contribution < -0.4 is 0 Å². The quantitative estimate of drug-likeness (QED) is 0.747. The van der Waals surface area contributed by atoms with Crippen molar-refractivity contribution >= 4 is 5.91 Å². The molecule has 0 heterocycles. The van der Waals surface area contributed by atoms with Crippen LogP contribution in [0.3, 0.4) is 0 Å². The first-order chi connectivity index (χ1) is 8.13. The standard InChI is InChI=1S/C14H22N2O/c1-4-16(11-10-15(2)3)14(17)12-13-8-6-5-7-9-13/h5-9H,4,10-12H2,1-3H3. The molecule has 17 heavy (non-hydrogen) atoms. The van der Waals surface area contributed by atoms with Gasteiger partial charge in [-0.05, 0) is 26.6 Å². The molecule has 0 atom stereocenters. The van der Waals surface area contributed by atoms with Crippen molar-refractivity contribution in [3.63, 3.8) is 0 Å². The maximum absolute atomic E-state index is 12.1. The Morgan fingerprint density at radius 3 is 2.29 bits per heavy atom. The molecule has 0 saturated carbocycles. The summed E-state index contributed by atoms with van der Waals surface area (Å²) in [5.74, 6) is 0.209. The summed E-state index contributed by atoms with van der Waals surface area (Å²) in [6.07, 6.45) is 0.502. The van der Waals surface area contributed by atoms with E-state index in [2.05, 4.69) is 4.90 Å². The van der Waals surface area contributed by atoms with E-state index in [1.165, 1.54) is 0 Å². The second-order valence-corrected chi connectivity index (χ2v) is 4.44. The first-order valence-corrected chi connectivity index (χ1v) is 6.10. The van der Waals surface area contributed by atoms with E-state index in [9.17, 15) is 4.79 Å². The van der Waals surface area contributed by atoms with Crippen molar-refractivity contribution in [3.05, 3.63) is 35.9 Å². The Balaban J connectivity index is 2.49. The van der Waals surface area contributed by atoms with Gasteiger partial charge in [-0.1, -0.05) is 30.3 Å². The molecule has 1 aromatic rings. The fourth-order valence-corrected chi connectivity index (χ4v) is 1.66. The third-order valence-corrected chi connectivity index (χ3v) is 2.75. The second-order valence-electron chi connectivity index (χ2n) is 4.44. The minimum atomic E-state index is 0.209. The molecule has 1 aromatic carbocycles. The van der Waals surface area contributed by atoms with Gasteiger partial charge >= 0.3 is 0 Å². The van der Waals surface area contributed by atoms with E-state index in [-0.39, 0.29) is 5.91 Å². The lowest BCUT2D eigenvalue weighted by molar-refractivity contribution is -0.130. The highest BCUT2D eigenvalue weighted by atomic mass is 16.2. The molecule has 3 heteroatoms. The number of likely N-dealkylation sites (N-methyl/N-ethyl adjacent to an activating group) is 2. The summed E-state index contributed by atoms with van der Waals surface area (Å²) < 4.78 is 0. The fraction of sp³-hybridized carbons (Fsp3) is 0.500. The van der Waals surface area contributed by atoms with Gasteiger partial charge in [-0.25, -0.2) is 0 Å². The maximum atomic E-state index is 12.1. The summed E-state index contributed by atoms with van der Waals surface area (Å²) in [5, 5.41) is 0. The SMILES string of the molecule is CCN(CCN(C)C)C(=O)Cc1ccccc1. The van der Waals surface area contributed by atoms with Crippen LogP contribution in [0.4, 0.5) is 0 Å². The molecule has 0 N–H and O–H groups in total. The molecule has 0 aliphatic carbocycles. The Bertz CT molecular complexity index is 335. The van der Waals surface area contributed by atoms with Crippen LogP contribution in [0, 0.1) is 0 Å². The van der Waals surface area contributed by atoms with Crippen LogP contribution >= 0.6 is 0 Å². The van der Waals surface area contributed by atoms with Crippen molar-refractivity contribution < 1.29 is 4.79 Å². The number of carbonyl (C=O) groups is 1. The first kappa shape index (κ1) is 13.7. The Hall–Kier alpha value is -1.35. The molecule has 0 bridgehead atoms. The number of carbonyl (C=O) groups excluding carboxylic acids is 1. The third-order valence-electron chi connectivity index (χ3n) is 2.75. The highest BCUT2D eigenvalue weighted by Crippen LogP contribution is 2.03. The number of rotatable bonds is 6. The van der Waals surface area contributed by atoms with E-state index in [1.807, 2.05) is 56.3 Å². The minimum absolute atomic E-state index is 0.209. The summed E-state index contributed by atoms with van der Waals surface area (Å²) in [6.45, 7) is 4.52. The minimum Gasteiger partial charge on any atom is -0.341 e. The van der Waals surface area contributed by atoms with Gasteiger partial charge in [0.05, 0.1) is 6.42 Å². The van der Waals surface area contributed by atoms with Gasteiger partial charge < -0.3 is 9.80 Å². The monoisotopic (exact) mass is 234 g/mol. The highest BCUT2D eigenvalue weighted by Gasteiger charge is 2.11. The van der Waals surface area contributed by atoms with E-state index in [1.54, 1.807) is 0 Å². The first-order valence-electron chi connectivity index (χ1n) is 6.10. The summed E-state index contributed by atoms with van der Waals surface area (Å²) in [7, 11) is 4.05. The van der Waals surface area contributed by atoms with Crippen LogP contribution in [0.5, 0.6) is 0 Å². The average molecular weight is 234 g/mol. The van der Waals surface area contributed by atoms with E-state index >= 15 is 0 Å². The zero-order valence-corrected chi connectivity index (χ0v) is 11.0. The number of hydrogen-bond donors (Lipinski definition) is 0. The number of benzene rings is 1. The molecule has 0 aliphatic rings. The van der Waals surface area contributed by atoms with E-state index in [0.717, 1.165) is 25.2 Å². The predicted octanol–water partition coefficient (Wildman–Crippen LogP) is 1.64. The Morgan fingerprint density at radius 1 is 1.12 bits per heavy atom. The molecule has 1 rings (SSSR count). The fourth-order valence-electron chi connectivity index (χ4n) is 1.66. The van der Waals surface area contributed by atoms with Crippen LogP contribution in [-0.4, -0.2) is 49.4 Å². The van der Waals surface area contributed by atoms with Gasteiger partial charge in [0.25, 0.3) is 0 Å². The predicted molar refractivity (Wildman–Crippen MR) is 71.0 cm³/mol. The second kappa shape index (κ2) is 7.07. The summed E-state index contributed by atoms with van der Waals surface area (Å²) in [4.78, 5) is 16.1. The molecule has 0 radical (unpaired) electrons. The zero-order chi connectivity index (χ0) is 12.7. The van der Waals surface area contributed by atoms with Crippen LogP contribution in [-0.2, 0) is 11.2 Å². The molecule has 0 unspecified atom stereocenters. The van der Waals surface area contributed by atoms with Crippen molar-refractivity contribution in [1.82, 2.24) is 9.80 Å². The van der Waals surface area contributed by atoms with Gasteiger partial charge in [-0.2, -0.15) is 0 Å². The molecule has 0 aromatic heterocycles. The summed E-state index contributed by atoms with van der Waals surface area (Å²) in [6, 6.07) is 9.91. The number of nitrogens with zero attached hydrogens (tertiary/aromatic N) is 2. The number of amides is 1. The Morgan fingerprint density at radius 2 is 1.76 bits per heavy atom. The van der Waals surface area contributed by atoms with Gasteiger partial charge in [0.1, 0.15) is 0 Å². The molecule has 1 amide bonds. The lowest BCUT2D eigenvalue weighted by Gasteiger charge is -2.22. The smallest absolute Gasteiger partial charge is 0.227 e. The van der Waals surface area contributed by atoms with E-state index < -0.39 is 0 Å². The van der Waals surface area contributed by atoms with Crippen molar-refractivity contribution in [3.8, 4) is 0 Å². The lowest BCUT2D eigenvalue weighted by atomic mass is 10.1. The average Bonchev–Trinajstić information content (AvgIpc) is 2.30. The van der Waals surface area contributed by atoms with Gasteiger partial charge in [-0.15, -0.1) is 0 Å². The largest absolute Gasteiger partial charge is 0.341 e. The van der Waals surface area contributed by atoms with Gasteiger partial charge in [0, 0.05) is 19.6 Å². The Labute approximate surface area is 104 Å². The van der Waals surface area contributed by atoms with E-state index in [4.69, 9.17) is 0 Å². The highest BCUT2D eigenvalue weighted by molar-refractivity contribution is 5.78. The number of hydrogen-bond acceptors (Lipinski definition) is 2. The van der Waals surface area contributed by atoms with E-state index in [0.29, 0.717) is 6.42 Å². The lowest BCUT2D eigenvalue weighted by Crippen LogP contribution is -2.37. The van der Waals surface area contributed by atoms with Crippen molar-refractivity contribution in [2.75, 3.05) is 33.7 Å². The maximum Gasteiger partial charge on any atom is 0.227 e. The van der Waals surface area contributed by atoms with Gasteiger partial charge in [0.2, 0.25) is 5.91 Å². The van der Waals surface area contributed by atoms with Gasteiger partial charge in [-0.3, -0.25) is 4.79 Å². The van der Waals surface area contributed by atoms with Crippen LogP contribution in [0.2, 0.25) is 0 Å². The van der Waals surface area contributed by atoms with Gasteiger partial charge in [0.15, 0.2) is 0 Å². The molecule has 94 valence electrons. The van der Waals surface area contributed by atoms with Crippen LogP contribution in [0.15, 0.2) is 30.3 Å². The molecule has 0 fully saturated rings. The summed E-state index contributed by atoms with van der Waals surface area (Å²) in [5.41, 5.74) is 1.08.